The molecule has 104 valence electrons. The summed E-state index contributed by atoms with van der Waals surface area (Å²) in [4.78, 5) is 11.6. The Bertz CT molecular complexity index is 403. The number of carbonyl (C=O) groups is 1. The quantitative estimate of drug-likeness (QED) is 0.822. The molecule has 0 saturated carbocycles. The second kappa shape index (κ2) is 7.14. The summed E-state index contributed by atoms with van der Waals surface area (Å²) in [7, 11) is 0. The summed E-state index contributed by atoms with van der Waals surface area (Å²) in [6.45, 7) is 4.36. The van der Waals surface area contributed by atoms with E-state index in [0.717, 1.165) is 38.2 Å². The van der Waals surface area contributed by atoms with E-state index in [4.69, 9.17) is 4.74 Å². The van der Waals surface area contributed by atoms with E-state index >= 15 is 0 Å². The number of benzene rings is 1. The van der Waals surface area contributed by atoms with E-state index in [-0.39, 0.29) is 11.9 Å². The smallest absolute Gasteiger partial charge is 0.237 e. The lowest BCUT2D eigenvalue weighted by atomic mass is 10.1. The molecule has 0 bridgehead atoms. The zero-order chi connectivity index (χ0) is 13.5. The molecule has 0 spiro atoms. The minimum Gasteiger partial charge on any atom is -0.494 e. The number of amides is 1. The molecule has 1 amide bonds. The summed E-state index contributed by atoms with van der Waals surface area (Å²) >= 11 is 0. The Hall–Kier alpha value is -1.55. The molecule has 0 aromatic heterocycles. The van der Waals surface area contributed by atoms with Gasteiger partial charge in [-0.05, 0) is 37.0 Å². The number of rotatable bonds is 6. The highest BCUT2D eigenvalue weighted by Crippen LogP contribution is 2.13. The first-order valence-electron chi connectivity index (χ1n) is 7.02. The first-order valence-corrected chi connectivity index (χ1v) is 7.02. The van der Waals surface area contributed by atoms with Crippen molar-refractivity contribution in [2.75, 3.05) is 13.2 Å². The van der Waals surface area contributed by atoms with Crippen LogP contribution in [0.3, 0.4) is 0 Å². The summed E-state index contributed by atoms with van der Waals surface area (Å²) in [6, 6.07) is 7.99. The molecular weight excluding hydrogens is 240 g/mol. The third-order valence-corrected chi connectivity index (χ3v) is 3.23. The standard InChI is InChI=1S/C15H22N2O2/c1-2-10-19-13-7-5-12(6-8-13)11-17-14-4-3-9-16-15(14)18/h5-8,14,17H,2-4,9-11H2,1H3,(H,16,18)/t14-/m1/s1. The van der Waals surface area contributed by atoms with Crippen molar-refractivity contribution in [2.45, 2.75) is 38.8 Å². The van der Waals surface area contributed by atoms with Crippen LogP contribution in [0, 0.1) is 0 Å². The number of carbonyl (C=O) groups excluding carboxylic acids is 1. The average Bonchev–Trinajstić information content (AvgIpc) is 2.45. The molecule has 4 heteroatoms. The van der Waals surface area contributed by atoms with Gasteiger partial charge < -0.3 is 15.4 Å². The molecule has 1 fully saturated rings. The summed E-state index contributed by atoms with van der Waals surface area (Å²) in [5.41, 5.74) is 1.17. The Morgan fingerprint density at radius 2 is 2.16 bits per heavy atom. The average molecular weight is 262 g/mol. The van der Waals surface area contributed by atoms with Gasteiger partial charge in [0.2, 0.25) is 5.91 Å². The SMILES string of the molecule is CCCOc1ccc(CN[C@@H]2CCCNC2=O)cc1. The van der Waals surface area contributed by atoms with Crippen LogP contribution in [0.1, 0.15) is 31.7 Å². The van der Waals surface area contributed by atoms with Crippen LogP contribution in [-0.2, 0) is 11.3 Å². The number of hydrogen-bond acceptors (Lipinski definition) is 3. The second-order valence-electron chi connectivity index (χ2n) is 4.86. The maximum absolute atomic E-state index is 11.6. The Morgan fingerprint density at radius 1 is 1.37 bits per heavy atom. The first-order chi connectivity index (χ1) is 9.29. The maximum atomic E-state index is 11.6. The van der Waals surface area contributed by atoms with Gasteiger partial charge in [0.25, 0.3) is 0 Å². The summed E-state index contributed by atoms with van der Waals surface area (Å²) in [5.74, 6) is 1.02. The molecule has 1 aromatic rings. The van der Waals surface area contributed by atoms with Crippen LogP contribution in [0.25, 0.3) is 0 Å². The van der Waals surface area contributed by atoms with Crippen LogP contribution in [0.15, 0.2) is 24.3 Å². The highest BCUT2D eigenvalue weighted by molar-refractivity contribution is 5.82. The fourth-order valence-corrected chi connectivity index (χ4v) is 2.13. The third kappa shape index (κ3) is 4.24. The van der Waals surface area contributed by atoms with Gasteiger partial charge in [0.05, 0.1) is 12.6 Å². The van der Waals surface area contributed by atoms with E-state index in [1.54, 1.807) is 0 Å². The van der Waals surface area contributed by atoms with Gasteiger partial charge in [0, 0.05) is 13.1 Å². The van der Waals surface area contributed by atoms with Crippen molar-refractivity contribution in [2.24, 2.45) is 0 Å². The van der Waals surface area contributed by atoms with Crippen LogP contribution < -0.4 is 15.4 Å². The van der Waals surface area contributed by atoms with E-state index in [9.17, 15) is 4.79 Å². The summed E-state index contributed by atoms with van der Waals surface area (Å²) in [5, 5.41) is 6.18. The van der Waals surface area contributed by atoms with Crippen LogP contribution in [0.4, 0.5) is 0 Å². The molecule has 1 aliphatic rings. The van der Waals surface area contributed by atoms with E-state index < -0.39 is 0 Å². The van der Waals surface area contributed by atoms with Crippen LogP contribution in [0.5, 0.6) is 5.75 Å². The van der Waals surface area contributed by atoms with E-state index in [1.807, 2.05) is 24.3 Å². The lowest BCUT2D eigenvalue weighted by Crippen LogP contribution is -2.47. The first kappa shape index (κ1) is 13.9. The topological polar surface area (TPSA) is 50.4 Å². The monoisotopic (exact) mass is 262 g/mol. The molecule has 0 radical (unpaired) electrons. The van der Waals surface area contributed by atoms with Gasteiger partial charge in [-0.1, -0.05) is 19.1 Å². The number of hydrogen-bond donors (Lipinski definition) is 2. The molecular formula is C15H22N2O2. The Morgan fingerprint density at radius 3 is 2.84 bits per heavy atom. The minimum atomic E-state index is -0.0511. The molecule has 19 heavy (non-hydrogen) atoms. The van der Waals surface area contributed by atoms with Crippen LogP contribution >= 0.6 is 0 Å². The summed E-state index contributed by atoms with van der Waals surface area (Å²) < 4.78 is 5.54. The predicted octanol–water partition coefficient (Wildman–Crippen LogP) is 1.84. The molecule has 1 aromatic carbocycles. The zero-order valence-electron chi connectivity index (χ0n) is 11.4. The van der Waals surface area contributed by atoms with Crippen LogP contribution in [-0.4, -0.2) is 25.1 Å². The van der Waals surface area contributed by atoms with Gasteiger partial charge >= 0.3 is 0 Å². The number of piperidine rings is 1. The normalized spacial score (nSPS) is 19.0. The molecule has 0 aliphatic carbocycles. The van der Waals surface area contributed by atoms with Crippen LogP contribution in [0.2, 0.25) is 0 Å². The van der Waals surface area contributed by atoms with E-state index in [1.165, 1.54) is 5.56 Å². The molecule has 1 saturated heterocycles. The Labute approximate surface area is 114 Å². The van der Waals surface area contributed by atoms with Crippen molar-refractivity contribution in [3.05, 3.63) is 29.8 Å². The predicted molar refractivity (Wildman–Crippen MR) is 75.1 cm³/mol. The Kier molecular flexibility index (Phi) is 5.21. The fraction of sp³-hybridized carbons (Fsp3) is 0.533. The molecule has 1 atom stereocenters. The van der Waals surface area contributed by atoms with Crippen molar-refractivity contribution < 1.29 is 9.53 Å². The van der Waals surface area contributed by atoms with E-state index in [0.29, 0.717) is 6.54 Å². The van der Waals surface area contributed by atoms with Gasteiger partial charge in [0.1, 0.15) is 5.75 Å². The molecule has 4 nitrogen and oxygen atoms in total. The van der Waals surface area contributed by atoms with Crippen molar-refractivity contribution in [1.29, 1.82) is 0 Å². The van der Waals surface area contributed by atoms with Gasteiger partial charge in [-0.2, -0.15) is 0 Å². The number of nitrogens with one attached hydrogen (secondary N) is 2. The fourth-order valence-electron chi connectivity index (χ4n) is 2.13. The highest BCUT2D eigenvalue weighted by atomic mass is 16.5. The number of ether oxygens (including phenoxy) is 1. The molecule has 1 heterocycles. The van der Waals surface area contributed by atoms with Gasteiger partial charge in [-0.3, -0.25) is 4.79 Å². The molecule has 2 rings (SSSR count). The van der Waals surface area contributed by atoms with Crippen molar-refractivity contribution in [3.8, 4) is 5.75 Å². The zero-order valence-corrected chi connectivity index (χ0v) is 11.4. The molecule has 1 aliphatic heterocycles. The Balaban J connectivity index is 1.80. The van der Waals surface area contributed by atoms with Crippen molar-refractivity contribution >= 4 is 5.91 Å². The largest absolute Gasteiger partial charge is 0.494 e. The van der Waals surface area contributed by atoms with Gasteiger partial charge in [-0.15, -0.1) is 0 Å². The second-order valence-corrected chi connectivity index (χ2v) is 4.86. The van der Waals surface area contributed by atoms with Gasteiger partial charge in [-0.25, -0.2) is 0 Å². The molecule has 0 unspecified atom stereocenters. The maximum Gasteiger partial charge on any atom is 0.237 e. The van der Waals surface area contributed by atoms with Crippen molar-refractivity contribution in [3.63, 3.8) is 0 Å². The molecule has 2 N–H and O–H groups in total. The lowest BCUT2D eigenvalue weighted by Gasteiger charge is -2.22. The van der Waals surface area contributed by atoms with Gasteiger partial charge in [0.15, 0.2) is 0 Å². The minimum absolute atomic E-state index is 0.0511. The highest BCUT2D eigenvalue weighted by Gasteiger charge is 2.20. The third-order valence-electron chi connectivity index (χ3n) is 3.23. The van der Waals surface area contributed by atoms with Crippen molar-refractivity contribution in [1.82, 2.24) is 10.6 Å². The summed E-state index contributed by atoms with van der Waals surface area (Å²) in [6.07, 6.45) is 2.98. The lowest BCUT2D eigenvalue weighted by molar-refractivity contribution is -0.124. The van der Waals surface area contributed by atoms with E-state index in [2.05, 4.69) is 17.6 Å².